The van der Waals surface area contributed by atoms with Crippen molar-refractivity contribution in [3.05, 3.63) is 46.6 Å². The molecule has 0 bridgehead atoms. The van der Waals surface area contributed by atoms with Crippen LogP contribution >= 0.6 is 0 Å². The second-order valence-electron chi connectivity index (χ2n) is 9.87. The first-order valence-electron chi connectivity index (χ1n) is 12.6. The first-order chi connectivity index (χ1) is 19.9. The van der Waals surface area contributed by atoms with Gasteiger partial charge < -0.3 is 20.2 Å². The molecule has 0 saturated carbocycles. The summed E-state index contributed by atoms with van der Waals surface area (Å²) in [7, 11) is -2.32. The number of carboxylic acid groups (broad SMARTS) is 1. The molecule has 1 saturated heterocycles. The number of rotatable bonds is 6. The van der Waals surface area contributed by atoms with E-state index in [9.17, 15) is 45.8 Å². The van der Waals surface area contributed by atoms with Gasteiger partial charge in [-0.3, -0.25) is 9.59 Å². The number of nitrogens with one attached hydrogen (secondary N) is 1. The van der Waals surface area contributed by atoms with Crippen molar-refractivity contribution in [1.29, 1.82) is 5.26 Å². The van der Waals surface area contributed by atoms with Crippen LogP contribution in [0.15, 0.2) is 33.5 Å². The summed E-state index contributed by atoms with van der Waals surface area (Å²) in [6.07, 6.45) is -6.65. The average Bonchev–Trinajstić information content (AvgIpc) is 3.07. The molecular formula is C26H27F5N6O5S. The molecule has 3 amide bonds. The highest BCUT2D eigenvalue weighted by molar-refractivity contribution is 7.93. The highest BCUT2D eigenvalue weighted by atomic mass is 32.2. The molecule has 0 aliphatic carbocycles. The van der Waals surface area contributed by atoms with Crippen molar-refractivity contribution in [3.8, 4) is 6.07 Å². The first kappa shape index (κ1) is 33.2. The summed E-state index contributed by atoms with van der Waals surface area (Å²) in [5, 5.41) is 20.9. The predicted molar refractivity (Wildman–Crippen MR) is 145 cm³/mol. The summed E-state index contributed by atoms with van der Waals surface area (Å²) in [6, 6.07) is 6.66. The number of alkyl halides is 5. The smallest absolute Gasteiger partial charge is 0.434 e. The molecule has 1 aromatic carbocycles. The minimum absolute atomic E-state index is 0.0199. The number of anilines is 2. The number of hydrogen-bond acceptors (Lipinski definition) is 7. The van der Waals surface area contributed by atoms with Crippen molar-refractivity contribution in [3.63, 3.8) is 0 Å². The molecule has 0 spiro atoms. The maximum Gasteiger partial charge on any atom is 0.434 e. The fraction of sp³-hybridized carbons (Fsp3) is 0.423. The molecule has 0 radical (unpaired) electrons. The number of amides is 3. The zero-order valence-corrected chi connectivity index (χ0v) is 24.0. The third kappa shape index (κ3) is 7.95. The Morgan fingerprint density at radius 1 is 1.26 bits per heavy atom. The number of aromatic nitrogens is 1. The van der Waals surface area contributed by atoms with E-state index in [-0.39, 0.29) is 29.1 Å². The zero-order valence-electron chi connectivity index (χ0n) is 23.2. The lowest BCUT2D eigenvalue weighted by Gasteiger charge is -2.27. The molecule has 43 heavy (non-hydrogen) atoms. The third-order valence-electron chi connectivity index (χ3n) is 6.56. The number of carbonyl (C=O) groups excluding carboxylic acids is 2. The van der Waals surface area contributed by atoms with Gasteiger partial charge in [-0.1, -0.05) is 6.07 Å². The topological polar surface area (TPSA) is 156 Å². The minimum Gasteiger partial charge on any atom is -0.465 e. The minimum atomic E-state index is -5.08. The van der Waals surface area contributed by atoms with Crippen LogP contribution in [0.4, 0.5) is 38.3 Å². The SMILES string of the molecule is Cc1c(C#N)c(C(F)(F)F)nc(N2CCCC(F)(F)CC2)c1C(=O)Nc1cccc(S(C)(=O)=NC(=O)CN(C)C(=O)O)c1. The van der Waals surface area contributed by atoms with Gasteiger partial charge in [0.25, 0.3) is 11.8 Å². The Bertz CT molecular complexity index is 1610. The summed E-state index contributed by atoms with van der Waals surface area (Å²) < 4.78 is 86.4. The van der Waals surface area contributed by atoms with Gasteiger partial charge in [-0.05, 0) is 37.1 Å². The van der Waals surface area contributed by atoms with Gasteiger partial charge >= 0.3 is 12.3 Å². The van der Waals surface area contributed by atoms with E-state index in [2.05, 4.69) is 14.7 Å². The van der Waals surface area contributed by atoms with Crippen LogP contribution in [0, 0.1) is 18.3 Å². The fourth-order valence-electron chi connectivity index (χ4n) is 4.36. The van der Waals surface area contributed by atoms with E-state index < -0.39 is 88.3 Å². The number of carbonyl (C=O) groups is 3. The Kier molecular flexibility index (Phi) is 9.64. The van der Waals surface area contributed by atoms with E-state index in [0.717, 1.165) is 25.1 Å². The quantitative estimate of drug-likeness (QED) is 0.433. The van der Waals surface area contributed by atoms with Crippen LogP contribution in [-0.4, -0.2) is 76.0 Å². The largest absolute Gasteiger partial charge is 0.465 e. The highest BCUT2D eigenvalue weighted by Crippen LogP contribution is 2.38. The van der Waals surface area contributed by atoms with E-state index in [0.29, 0.717) is 4.90 Å². The van der Waals surface area contributed by atoms with E-state index in [1.807, 2.05) is 0 Å². The Morgan fingerprint density at radius 3 is 2.53 bits per heavy atom. The molecule has 232 valence electrons. The summed E-state index contributed by atoms with van der Waals surface area (Å²) >= 11 is 0. The van der Waals surface area contributed by atoms with Gasteiger partial charge in [0.05, 0.1) is 20.9 Å². The Balaban J connectivity index is 2.05. The van der Waals surface area contributed by atoms with Crippen LogP contribution in [0.25, 0.3) is 0 Å². The fourth-order valence-corrected chi connectivity index (χ4v) is 5.58. The van der Waals surface area contributed by atoms with Crippen molar-refractivity contribution >= 4 is 39.1 Å². The lowest BCUT2D eigenvalue weighted by atomic mass is 10.00. The zero-order chi connectivity index (χ0) is 32.3. The molecule has 3 rings (SSSR count). The monoisotopic (exact) mass is 630 g/mol. The van der Waals surface area contributed by atoms with Crippen molar-refractivity contribution in [1.82, 2.24) is 9.88 Å². The number of nitrogens with zero attached hydrogens (tertiary/aromatic N) is 5. The number of nitriles is 1. The van der Waals surface area contributed by atoms with Crippen LogP contribution in [0.2, 0.25) is 0 Å². The Labute approximate surface area is 243 Å². The molecule has 17 heteroatoms. The van der Waals surface area contributed by atoms with Crippen molar-refractivity contribution < 1.29 is 45.7 Å². The van der Waals surface area contributed by atoms with Gasteiger partial charge in [0.1, 0.15) is 18.4 Å². The van der Waals surface area contributed by atoms with Crippen LogP contribution < -0.4 is 10.2 Å². The summed E-state index contributed by atoms with van der Waals surface area (Å²) in [5.74, 6) is -5.58. The van der Waals surface area contributed by atoms with E-state index >= 15 is 0 Å². The maximum absolute atomic E-state index is 14.0. The number of hydrogen-bond donors (Lipinski definition) is 2. The molecule has 2 heterocycles. The van der Waals surface area contributed by atoms with Crippen LogP contribution in [0.3, 0.4) is 0 Å². The number of pyridine rings is 1. The molecule has 1 unspecified atom stereocenters. The standard InChI is InChI=1S/C26H27F5N6O5S/c1-15-18(13-32)21(26(29,30)31)34-22(37-10-5-8-25(27,28)9-11-37)20(15)23(39)33-16-6-4-7-17(12-16)43(3,42)35-19(38)14-36(2)24(40)41/h4,6-7,12H,5,8-11,14H2,1-3H3,(H,33,39)(H,40,41). The molecule has 1 aliphatic heterocycles. The molecule has 2 N–H and O–H groups in total. The van der Waals surface area contributed by atoms with Gasteiger partial charge in [-0.2, -0.15) is 22.8 Å². The molecular weight excluding hydrogens is 603 g/mol. The number of benzene rings is 1. The van der Waals surface area contributed by atoms with Gasteiger partial charge in [0, 0.05) is 49.8 Å². The molecule has 1 atom stereocenters. The maximum atomic E-state index is 14.0. The van der Waals surface area contributed by atoms with Gasteiger partial charge in [0.2, 0.25) is 5.92 Å². The van der Waals surface area contributed by atoms with Crippen molar-refractivity contribution in [2.75, 3.05) is 43.2 Å². The molecule has 2 aromatic rings. The second-order valence-corrected chi connectivity index (χ2v) is 12.1. The van der Waals surface area contributed by atoms with Crippen molar-refractivity contribution in [2.24, 2.45) is 4.36 Å². The lowest BCUT2D eigenvalue weighted by Crippen LogP contribution is -2.31. The van der Waals surface area contributed by atoms with Gasteiger partial charge in [0.15, 0.2) is 5.69 Å². The summed E-state index contributed by atoms with van der Waals surface area (Å²) in [5.41, 5.74) is -3.28. The molecule has 11 nitrogen and oxygen atoms in total. The first-order valence-corrected chi connectivity index (χ1v) is 14.5. The van der Waals surface area contributed by atoms with Crippen LogP contribution in [-0.2, 0) is 20.7 Å². The van der Waals surface area contributed by atoms with E-state index in [1.54, 1.807) is 0 Å². The predicted octanol–water partition coefficient (Wildman–Crippen LogP) is 4.75. The van der Waals surface area contributed by atoms with Gasteiger partial charge in [-0.25, -0.2) is 22.8 Å². The Morgan fingerprint density at radius 2 is 1.93 bits per heavy atom. The summed E-state index contributed by atoms with van der Waals surface area (Å²) in [6.45, 7) is -0.0637. The van der Waals surface area contributed by atoms with Gasteiger partial charge in [-0.15, -0.1) is 0 Å². The van der Waals surface area contributed by atoms with Crippen LogP contribution in [0.1, 0.15) is 46.4 Å². The van der Waals surface area contributed by atoms with Crippen molar-refractivity contribution in [2.45, 2.75) is 43.2 Å². The van der Waals surface area contributed by atoms with E-state index in [4.69, 9.17) is 5.11 Å². The average molecular weight is 631 g/mol. The Hall–Kier alpha value is -4.33. The molecule has 1 aliphatic rings. The third-order valence-corrected chi connectivity index (χ3v) is 8.24. The van der Waals surface area contributed by atoms with E-state index in [1.165, 1.54) is 30.3 Å². The normalized spacial score (nSPS) is 16.3. The highest BCUT2D eigenvalue weighted by Gasteiger charge is 2.40. The molecule has 1 aromatic heterocycles. The second kappa shape index (κ2) is 12.5. The number of halogens is 5. The number of likely N-dealkylation sites (N-methyl/N-ethyl adjacent to an activating group) is 1. The molecule has 1 fully saturated rings. The van der Waals surface area contributed by atoms with Crippen LogP contribution in [0.5, 0.6) is 0 Å². The summed E-state index contributed by atoms with van der Waals surface area (Å²) in [4.78, 5) is 42.0. The lowest BCUT2D eigenvalue weighted by molar-refractivity contribution is -0.141.